The summed E-state index contributed by atoms with van der Waals surface area (Å²) in [6, 6.07) is 0.373. The lowest BCUT2D eigenvalue weighted by molar-refractivity contribution is 0.430. The minimum absolute atomic E-state index is 0.226. The summed E-state index contributed by atoms with van der Waals surface area (Å²) in [5.74, 6) is 0.781. The van der Waals surface area contributed by atoms with Crippen LogP contribution in [0, 0.1) is 6.92 Å². The Balaban J connectivity index is 2.11. The summed E-state index contributed by atoms with van der Waals surface area (Å²) in [5.41, 5.74) is 1.09. The summed E-state index contributed by atoms with van der Waals surface area (Å²) in [6.07, 6.45) is 8.44. The molecule has 1 aliphatic rings. The monoisotopic (exact) mass is 239 g/mol. The van der Waals surface area contributed by atoms with E-state index in [1.807, 2.05) is 26.4 Å². The summed E-state index contributed by atoms with van der Waals surface area (Å²) in [4.78, 5) is 10.8. The molecule has 2 atom stereocenters. The highest BCUT2D eigenvalue weighted by Gasteiger charge is 2.27. The van der Waals surface area contributed by atoms with Crippen LogP contribution < -0.4 is 4.90 Å². The van der Waals surface area contributed by atoms with Gasteiger partial charge in [-0.3, -0.25) is 0 Å². The predicted molar refractivity (Wildman–Crippen MR) is 67.1 cm³/mol. The van der Waals surface area contributed by atoms with Crippen LogP contribution in [0.3, 0.4) is 0 Å². The van der Waals surface area contributed by atoms with Crippen LogP contribution >= 0.6 is 11.6 Å². The van der Waals surface area contributed by atoms with Gasteiger partial charge < -0.3 is 4.90 Å². The maximum Gasteiger partial charge on any atom is 0.225 e. The van der Waals surface area contributed by atoms with Gasteiger partial charge in [-0.1, -0.05) is 12.8 Å². The Hall–Kier alpha value is -0.830. The Bertz CT molecular complexity index is 339. The number of hydrogen-bond acceptors (Lipinski definition) is 3. The second-order valence-electron chi connectivity index (χ2n) is 4.54. The molecule has 0 bridgehead atoms. The molecule has 0 amide bonds. The highest BCUT2D eigenvalue weighted by atomic mass is 35.5. The van der Waals surface area contributed by atoms with E-state index in [1.165, 1.54) is 12.8 Å². The molecule has 0 radical (unpaired) electrons. The van der Waals surface area contributed by atoms with Crippen LogP contribution in [0.25, 0.3) is 0 Å². The number of hydrogen-bond donors (Lipinski definition) is 0. The molecule has 1 aliphatic carbocycles. The first kappa shape index (κ1) is 11.6. The van der Waals surface area contributed by atoms with Gasteiger partial charge in [0, 0.05) is 25.5 Å². The van der Waals surface area contributed by atoms with E-state index in [-0.39, 0.29) is 5.38 Å². The third-order valence-electron chi connectivity index (χ3n) is 3.23. The SMILES string of the molecule is Cc1cnc(N(C)C2CCCCC2Cl)nc1. The molecular weight excluding hydrogens is 222 g/mol. The van der Waals surface area contributed by atoms with Crippen molar-refractivity contribution in [2.75, 3.05) is 11.9 Å². The zero-order valence-electron chi connectivity index (χ0n) is 9.86. The standard InChI is InChI=1S/C12H18ClN3/c1-9-7-14-12(15-8-9)16(2)11-6-4-3-5-10(11)13/h7-8,10-11H,3-6H2,1-2H3. The fourth-order valence-corrected chi connectivity index (χ4v) is 2.67. The summed E-state index contributed by atoms with van der Waals surface area (Å²) < 4.78 is 0. The summed E-state index contributed by atoms with van der Waals surface area (Å²) >= 11 is 6.36. The zero-order chi connectivity index (χ0) is 11.5. The highest BCUT2D eigenvalue weighted by molar-refractivity contribution is 6.21. The summed E-state index contributed by atoms with van der Waals surface area (Å²) in [5, 5.41) is 0.226. The van der Waals surface area contributed by atoms with Crippen LogP contribution in [0.4, 0.5) is 5.95 Å². The van der Waals surface area contributed by atoms with Crippen LogP contribution in [-0.2, 0) is 0 Å². The zero-order valence-corrected chi connectivity index (χ0v) is 10.6. The molecule has 3 nitrogen and oxygen atoms in total. The topological polar surface area (TPSA) is 29.0 Å². The lowest BCUT2D eigenvalue weighted by atomic mass is 9.94. The Morgan fingerprint density at radius 3 is 2.50 bits per heavy atom. The van der Waals surface area contributed by atoms with E-state index in [4.69, 9.17) is 11.6 Å². The predicted octanol–water partition coefficient (Wildman–Crippen LogP) is 2.77. The minimum atomic E-state index is 0.226. The van der Waals surface area contributed by atoms with Crippen LogP contribution in [-0.4, -0.2) is 28.4 Å². The van der Waals surface area contributed by atoms with Crippen molar-refractivity contribution in [2.24, 2.45) is 0 Å². The number of nitrogens with zero attached hydrogens (tertiary/aromatic N) is 3. The molecule has 1 heterocycles. The van der Waals surface area contributed by atoms with Crippen molar-refractivity contribution in [2.45, 2.75) is 44.0 Å². The van der Waals surface area contributed by atoms with Crippen LogP contribution in [0.2, 0.25) is 0 Å². The van der Waals surface area contributed by atoms with Gasteiger partial charge in [0.25, 0.3) is 0 Å². The Morgan fingerprint density at radius 2 is 1.88 bits per heavy atom. The maximum absolute atomic E-state index is 6.36. The second-order valence-corrected chi connectivity index (χ2v) is 5.10. The van der Waals surface area contributed by atoms with Crippen molar-refractivity contribution >= 4 is 17.5 Å². The third kappa shape index (κ3) is 2.46. The van der Waals surface area contributed by atoms with E-state index < -0.39 is 0 Å². The molecule has 0 N–H and O–H groups in total. The lowest BCUT2D eigenvalue weighted by Crippen LogP contribution is -2.41. The van der Waals surface area contributed by atoms with Crippen molar-refractivity contribution in [1.82, 2.24) is 9.97 Å². The van der Waals surface area contributed by atoms with Crippen LogP contribution in [0.5, 0.6) is 0 Å². The molecule has 2 rings (SSSR count). The van der Waals surface area contributed by atoms with Crippen molar-refractivity contribution in [1.29, 1.82) is 0 Å². The van der Waals surface area contributed by atoms with E-state index in [9.17, 15) is 0 Å². The molecule has 0 saturated heterocycles. The van der Waals surface area contributed by atoms with Crippen molar-refractivity contribution in [3.8, 4) is 0 Å². The van der Waals surface area contributed by atoms with E-state index >= 15 is 0 Å². The van der Waals surface area contributed by atoms with Gasteiger partial charge in [0.1, 0.15) is 0 Å². The number of aromatic nitrogens is 2. The number of alkyl halides is 1. The lowest BCUT2D eigenvalue weighted by Gasteiger charge is -2.34. The Morgan fingerprint density at radius 1 is 1.25 bits per heavy atom. The van der Waals surface area contributed by atoms with E-state index in [2.05, 4.69) is 14.9 Å². The first-order chi connectivity index (χ1) is 7.68. The van der Waals surface area contributed by atoms with Crippen molar-refractivity contribution < 1.29 is 0 Å². The molecule has 4 heteroatoms. The normalized spacial score (nSPS) is 25.4. The van der Waals surface area contributed by atoms with Gasteiger partial charge in [0.15, 0.2) is 0 Å². The minimum Gasteiger partial charge on any atom is -0.339 e. The van der Waals surface area contributed by atoms with Gasteiger partial charge >= 0.3 is 0 Å². The molecule has 0 spiro atoms. The quantitative estimate of drug-likeness (QED) is 0.744. The summed E-state index contributed by atoms with van der Waals surface area (Å²) in [7, 11) is 2.04. The first-order valence-electron chi connectivity index (χ1n) is 5.84. The van der Waals surface area contributed by atoms with Gasteiger partial charge in [0.2, 0.25) is 5.95 Å². The average Bonchev–Trinajstić information content (AvgIpc) is 2.30. The first-order valence-corrected chi connectivity index (χ1v) is 6.27. The number of anilines is 1. The molecule has 0 aliphatic heterocycles. The van der Waals surface area contributed by atoms with Gasteiger partial charge in [-0.2, -0.15) is 0 Å². The Kier molecular flexibility index (Phi) is 3.64. The fourth-order valence-electron chi connectivity index (χ4n) is 2.22. The molecule has 1 aromatic heterocycles. The average molecular weight is 240 g/mol. The highest BCUT2D eigenvalue weighted by Crippen LogP contribution is 2.28. The van der Waals surface area contributed by atoms with E-state index in [1.54, 1.807) is 0 Å². The molecular formula is C12H18ClN3. The molecule has 1 fully saturated rings. The van der Waals surface area contributed by atoms with Gasteiger partial charge in [0.05, 0.1) is 5.38 Å². The maximum atomic E-state index is 6.36. The van der Waals surface area contributed by atoms with Gasteiger partial charge in [-0.05, 0) is 25.3 Å². The molecule has 88 valence electrons. The molecule has 0 aromatic carbocycles. The third-order valence-corrected chi connectivity index (χ3v) is 3.74. The molecule has 1 saturated carbocycles. The van der Waals surface area contributed by atoms with E-state index in [0.717, 1.165) is 24.4 Å². The summed E-state index contributed by atoms with van der Waals surface area (Å²) in [6.45, 7) is 1.99. The van der Waals surface area contributed by atoms with E-state index in [0.29, 0.717) is 6.04 Å². The van der Waals surface area contributed by atoms with Gasteiger partial charge in [-0.15, -0.1) is 11.6 Å². The van der Waals surface area contributed by atoms with Crippen LogP contribution in [0.1, 0.15) is 31.2 Å². The molecule has 2 unspecified atom stereocenters. The Labute approximate surface area is 102 Å². The van der Waals surface area contributed by atoms with Crippen molar-refractivity contribution in [3.63, 3.8) is 0 Å². The number of rotatable bonds is 2. The van der Waals surface area contributed by atoms with Crippen LogP contribution in [0.15, 0.2) is 12.4 Å². The number of halogens is 1. The number of aryl methyl sites for hydroxylation is 1. The van der Waals surface area contributed by atoms with Gasteiger partial charge in [-0.25, -0.2) is 9.97 Å². The molecule has 16 heavy (non-hydrogen) atoms. The smallest absolute Gasteiger partial charge is 0.225 e. The van der Waals surface area contributed by atoms with Crippen molar-refractivity contribution in [3.05, 3.63) is 18.0 Å². The largest absolute Gasteiger partial charge is 0.339 e. The second kappa shape index (κ2) is 5.00. The molecule has 1 aromatic rings. The fraction of sp³-hybridized carbons (Fsp3) is 0.667.